The Morgan fingerprint density at radius 2 is 1.74 bits per heavy atom. The monoisotopic (exact) mass is 471 g/mol. The van der Waals surface area contributed by atoms with Crippen molar-refractivity contribution in [3.05, 3.63) is 95.1 Å². The summed E-state index contributed by atoms with van der Waals surface area (Å²) in [5.41, 5.74) is 10.7. The fourth-order valence-electron chi connectivity index (χ4n) is 3.91. The van der Waals surface area contributed by atoms with E-state index in [1.165, 1.54) is 0 Å². The number of fused-ring (bicyclic) bond motifs is 1. The summed E-state index contributed by atoms with van der Waals surface area (Å²) in [6, 6.07) is 20.9. The first kappa shape index (κ1) is 23.7. The van der Waals surface area contributed by atoms with Crippen molar-refractivity contribution in [1.82, 2.24) is 0 Å². The molecular weight excluding hydrogens is 446 g/mol. The number of carbonyl (C=O) groups is 3. The van der Waals surface area contributed by atoms with Gasteiger partial charge in [-0.05, 0) is 42.3 Å². The molecule has 0 fully saturated rings. The first-order valence-corrected chi connectivity index (χ1v) is 11.1. The minimum absolute atomic E-state index is 0.170. The maximum Gasteiger partial charge on any atom is 0.338 e. The fourth-order valence-corrected chi connectivity index (χ4v) is 3.91. The Morgan fingerprint density at radius 3 is 2.40 bits per heavy atom. The van der Waals surface area contributed by atoms with E-state index < -0.39 is 18.0 Å². The van der Waals surface area contributed by atoms with Crippen molar-refractivity contribution >= 4 is 40.5 Å². The van der Waals surface area contributed by atoms with Gasteiger partial charge in [0.05, 0.1) is 35.5 Å². The molecule has 35 heavy (non-hydrogen) atoms. The van der Waals surface area contributed by atoms with Crippen molar-refractivity contribution in [1.29, 1.82) is 0 Å². The van der Waals surface area contributed by atoms with E-state index in [0.717, 1.165) is 5.56 Å². The van der Waals surface area contributed by atoms with E-state index in [1.54, 1.807) is 49.4 Å². The Labute approximate surface area is 202 Å². The molecule has 8 heteroatoms. The quantitative estimate of drug-likeness (QED) is 0.285. The van der Waals surface area contributed by atoms with Crippen LogP contribution in [0.4, 0.5) is 11.4 Å². The smallest absolute Gasteiger partial charge is 0.338 e. The van der Waals surface area contributed by atoms with Gasteiger partial charge in [-0.3, -0.25) is 9.59 Å². The van der Waals surface area contributed by atoms with Gasteiger partial charge >= 0.3 is 11.9 Å². The number of nitrogens with one attached hydrogen (secondary N) is 2. The number of carboxylic acid groups (broad SMARTS) is 1. The number of ether oxygens (including phenoxy) is 1. The lowest BCUT2D eigenvalue weighted by atomic mass is 9.98. The van der Waals surface area contributed by atoms with E-state index in [1.807, 2.05) is 30.3 Å². The average molecular weight is 472 g/mol. The number of nitrogens with two attached hydrogens (primary N) is 1. The molecule has 1 atom stereocenters. The first-order chi connectivity index (χ1) is 16.9. The number of amides is 1. The Morgan fingerprint density at radius 1 is 1.03 bits per heavy atom. The molecule has 3 aromatic carbocycles. The van der Waals surface area contributed by atoms with Crippen LogP contribution in [0.25, 0.3) is 11.3 Å². The molecule has 1 aliphatic rings. The number of anilines is 2. The van der Waals surface area contributed by atoms with Crippen LogP contribution in [-0.4, -0.2) is 29.6 Å². The number of aliphatic carboxylic acids is 1. The highest BCUT2D eigenvalue weighted by Gasteiger charge is 2.29. The zero-order valence-corrected chi connectivity index (χ0v) is 19.1. The predicted molar refractivity (Wildman–Crippen MR) is 134 cm³/mol. The van der Waals surface area contributed by atoms with Gasteiger partial charge < -0.3 is 26.2 Å². The van der Waals surface area contributed by atoms with Crippen molar-refractivity contribution in [2.24, 2.45) is 5.73 Å². The second-order valence-corrected chi connectivity index (χ2v) is 8.00. The van der Waals surface area contributed by atoms with E-state index in [4.69, 9.17) is 15.6 Å². The van der Waals surface area contributed by atoms with Crippen LogP contribution in [0.15, 0.2) is 72.8 Å². The number of esters is 1. The number of rotatable bonds is 8. The third-order valence-electron chi connectivity index (χ3n) is 5.59. The highest BCUT2D eigenvalue weighted by atomic mass is 16.5. The zero-order chi connectivity index (χ0) is 24.9. The summed E-state index contributed by atoms with van der Waals surface area (Å²) < 4.78 is 5.07. The number of hydrogen-bond acceptors (Lipinski definition) is 6. The number of carbonyl (C=O) groups excluding carboxylic acids is 2. The minimum atomic E-state index is -0.965. The molecule has 0 aliphatic carbocycles. The van der Waals surface area contributed by atoms with Crippen molar-refractivity contribution in [2.75, 3.05) is 17.2 Å². The number of hydrogen-bond donors (Lipinski definition) is 4. The second-order valence-electron chi connectivity index (χ2n) is 8.00. The minimum Gasteiger partial charge on any atom is -0.481 e. The summed E-state index contributed by atoms with van der Waals surface area (Å²) in [5, 5.41) is 15.2. The van der Waals surface area contributed by atoms with Gasteiger partial charge in [-0.1, -0.05) is 48.5 Å². The molecular formula is C27H25N3O5. The molecule has 178 valence electrons. The van der Waals surface area contributed by atoms with E-state index in [0.29, 0.717) is 39.3 Å². The summed E-state index contributed by atoms with van der Waals surface area (Å²) in [5.74, 6) is -1.72. The lowest BCUT2D eigenvalue weighted by Crippen LogP contribution is -2.15. The van der Waals surface area contributed by atoms with Crippen LogP contribution in [0.5, 0.6) is 0 Å². The molecule has 0 saturated carbocycles. The largest absolute Gasteiger partial charge is 0.481 e. The maximum absolute atomic E-state index is 13.1. The second kappa shape index (κ2) is 10.2. The SMILES string of the molecule is CCOC(=O)c1ccc2c(c1)NC(=O)C2=C(Nc1ccc(C(N)CC(=O)O)cc1)c1ccccc1. The van der Waals surface area contributed by atoms with Crippen molar-refractivity contribution in [2.45, 2.75) is 19.4 Å². The molecule has 1 unspecified atom stereocenters. The molecule has 0 spiro atoms. The third-order valence-corrected chi connectivity index (χ3v) is 5.59. The number of benzene rings is 3. The molecule has 0 bridgehead atoms. The van der Waals surface area contributed by atoms with Gasteiger partial charge in [-0.15, -0.1) is 0 Å². The average Bonchev–Trinajstić information content (AvgIpc) is 3.17. The van der Waals surface area contributed by atoms with Crippen molar-refractivity contribution in [3.8, 4) is 0 Å². The Balaban J connectivity index is 1.73. The van der Waals surface area contributed by atoms with Crippen LogP contribution in [0.3, 0.4) is 0 Å². The van der Waals surface area contributed by atoms with Gasteiger partial charge in [0.25, 0.3) is 5.91 Å². The predicted octanol–water partition coefficient (Wildman–Crippen LogP) is 4.27. The van der Waals surface area contributed by atoms with Crippen molar-refractivity contribution < 1.29 is 24.2 Å². The van der Waals surface area contributed by atoms with E-state index in [9.17, 15) is 14.4 Å². The van der Waals surface area contributed by atoms with Crippen LogP contribution >= 0.6 is 0 Å². The molecule has 4 rings (SSSR count). The fraction of sp³-hybridized carbons (Fsp3) is 0.148. The summed E-state index contributed by atoms with van der Waals surface area (Å²) in [6.45, 7) is 1.99. The molecule has 1 amide bonds. The molecule has 3 aromatic rings. The van der Waals surface area contributed by atoms with Crippen LogP contribution in [0, 0.1) is 0 Å². The standard InChI is InChI=1S/C27H25N3O5/c1-2-35-27(34)18-10-13-20-22(14-18)30-26(33)24(20)25(17-6-4-3-5-7-17)29-19-11-8-16(9-12-19)21(28)15-23(31)32/h3-14,21,29H,2,15,28H2,1H3,(H,30,33)(H,31,32). The van der Waals surface area contributed by atoms with Crippen LogP contribution in [0.1, 0.15) is 46.4 Å². The Kier molecular flexibility index (Phi) is 6.93. The Hall–Kier alpha value is -4.43. The first-order valence-electron chi connectivity index (χ1n) is 11.1. The molecule has 0 radical (unpaired) electrons. The topological polar surface area (TPSA) is 131 Å². The highest BCUT2D eigenvalue weighted by molar-refractivity contribution is 6.37. The molecule has 5 N–H and O–H groups in total. The highest BCUT2D eigenvalue weighted by Crippen LogP contribution is 2.38. The third kappa shape index (κ3) is 5.23. The van der Waals surface area contributed by atoms with Crippen molar-refractivity contribution in [3.63, 3.8) is 0 Å². The molecule has 0 aromatic heterocycles. The van der Waals surface area contributed by atoms with Gasteiger partial charge in [-0.2, -0.15) is 0 Å². The van der Waals surface area contributed by atoms with Gasteiger partial charge in [0, 0.05) is 17.3 Å². The maximum atomic E-state index is 13.1. The lowest BCUT2D eigenvalue weighted by Gasteiger charge is -2.16. The van der Waals surface area contributed by atoms with Crippen LogP contribution < -0.4 is 16.4 Å². The van der Waals surface area contributed by atoms with E-state index in [-0.39, 0.29) is 18.9 Å². The number of carboxylic acids is 1. The molecule has 1 aliphatic heterocycles. The molecule has 8 nitrogen and oxygen atoms in total. The summed E-state index contributed by atoms with van der Waals surface area (Å²) in [4.78, 5) is 36.2. The summed E-state index contributed by atoms with van der Waals surface area (Å²) >= 11 is 0. The van der Waals surface area contributed by atoms with Gasteiger partial charge in [-0.25, -0.2) is 4.79 Å². The zero-order valence-electron chi connectivity index (χ0n) is 19.1. The van der Waals surface area contributed by atoms with Gasteiger partial charge in [0.15, 0.2) is 0 Å². The Bertz CT molecular complexity index is 1300. The van der Waals surface area contributed by atoms with Crippen LogP contribution in [0.2, 0.25) is 0 Å². The normalized spacial score (nSPS) is 14.5. The van der Waals surface area contributed by atoms with E-state index in [2.05, 4.69) is 10.6 Å². The van der Waals surface area contributed by atoms with Crippen LogP contribution in [-0.2, 0) is 14.3 Å². The van der Waals surface area contributed by atoms with Gasteiger partial charge in [0.1, 0.15) is 0 Å². The summed E-state index contributed by atoms with van der Waals surface area (Å²) in [7, 11) is 0. The molecule has 1 heterocycles. The van der Waals surface area contributed by atoms with Gasteiger partial charge in [0.2, 0.25) is 0 Å². The summed E-state index contributed by atoms with van der Waals surface area (Å²) in [6.07, 6.45) is -0.170. The van der Waals surface area contributed by atoms with E-state index >= 15 is 0 Å². The molecule has 0 saturated heterocycles. The lowest BCUT2D eigenvalue weighted by molar-refractivity contribution is -0.137.